The van der Waals surface area contributed by atoms with Crippen molar-refractivity contribution in [1.82, 2.24) is 5.32 Å². The smallest absolute Gasteiger partial charge is 0.253 e. The maximum Gasteiger partial charge on any atom is 0.253 e. The average Bonchev–Trinajstić information content (AvgIpc) is 2.49. The van der Waals surface area contributed by atoms with Gasteiger partial charge < -0.3 is 16.4 Å². The summed E-state index contributed by atoms with van der Waals surface area (Å²) < 4.78 is 0. The second kappa shape index (κ2) is 7.31. The zero-order valence-electron chi connectivity index (χ0n) is 11.2. The average molecular weight is 324 g/mol. The van der Waals surface area contributed by atoms with E-state index in [4.69, 9.17) is 28.9 Å². The topological polar surface area (TPSA) is 67.1 Å². The van der Waals surface area contributed by atoms with Crippen molar-refractivity contribution >= 4 is 40.5 Å². The minimum Gasteiger partial charge on any atom is -0.352 e. The molecule has 21 heavy (non-hydrogen) atoms. The monoisotopic (exact) mass is 323 g/mol. The van der Waals surface area contributed by atoms with Crippen LogP contribution in [0.25, 0.3) is 0 Å². The second-order valence-electron chi connectivity index (χ2n) is 4.31. The molecule has 0 spiro atoms. The summed E-state index contributed by atoms with van der Waals surface area (Å²) in [6, 6.07) is 12.3. The number of hydrogen-bond acceptors (Lipinski definition) is 3. The summed E-state index contributed by atoms with van der Waals surface area (Å²) in [7, 11) is 0. The number of carbonyl (C=O) groups excluding carboxylic acids is 1. The SMILES string of the molecule is NCCNC(=O)c1ccccc1Nc1c(Cl)cccc1Cl. The van der Waals surface area contributed by atoms with E-state index in [2.05, 4.69) is 10.6 Å². The van der Waals surface area contributed by atoms with Crippen LogP contribution < -0.4 is 16.4 Å². The van der Waals surface area contributed by atoms with Crippen molar-refractivity contribution < 1.29 is 4.79 Å². The Morgan fingerprint density at radius 1 is 1.05 bits per heavy atom. The van der Waals surface area contributed by atoms with Crippen molar-refractivity contribution in [2.45, 2.75) is 0 Å². The van der Waals surface area contributed by atoms with E-state index >= 15 is 0 Å². The Hall–Kier alpha value is -1.75. The van der Waals surface area contributed by atoms with E-state index in [1.54, 1.807) is 36.4 Å². The number of nitrogens with one attached hydrogen (secondary N) is 2. The lowest BCUT2D eigenvalue weighted by atomic mass is 10.1. The lowest BCUT2D eigenvalue weighted by Crippen LogP contribution is -2.29. The van der Waals surface area contributed by atoms with Crippen molar-refractivity contribution in [3.63, 3.8) is 0 Å². The molecule has 0 fully saturated rings. The molecule has 2 rings (SSSR count). The molecule has 0 radical (unpaired) electrons. The summed E-state index contributed by atoms with van der Waals surface area (Å²) in [5.74, 6) is -0.202. The van der Waals surface area contributed by atoms with Gasteiger partial charge in [-0.05, 0) is 24.3 Å². The fraction of sp³-hybridized carbons (Fsp3) is 0.133. The van der Waals surface area contributed by atoms with Gasteiger partial charge in [0, 0.05) is 13.1 Å². The van der Waals surface area contributed by atoms with Gasteiger partial charge in [0.05, 0.1) is 27.0 Å². The lowest BCUT2D eigenvalue weighted by Gasteiger charge is -2.14. The first kappa shape index (κ1) is 15.6. The summed E-state index contributed by atoms with van der Waals surface area (Å²) in [5, 5.41) is 6.82. The fourth-order valence-electron chi connectivity index (χ4n) is 1.82. The number of benzene rings is 2. The highest BCUT2D eigenvalue weighted by molar-refractivity contribution is 6.39. The third-order valence-corrected chi connectivity index (χ3v) is 3.45. The van der Waals surface area contributed by atoms with Crippen molar-refractivity contribution in [2.75, 3.05) is 18.4 Å². The van der Waals surface area contributed by atoms with Gasteiger partial charge in [-0.2, -0.15) is 0 Å². The van der Waals surface area contributed by atoms with E-state index in [9.17, 15) is 4.79 Å². The predicted molar refractivity (Wildman–Crippen MR) is 87.6 cm³/mol. The minimum atomic E-state index is -0.202. The Kier molecular flexibility index (Phi) is 5.44. The van der Waals surface area contributed by atoms with Crippen LogP contribution in [0.4, 0.5) is 11.4 Å². The van der Waals surface area contributed by atoms with E-state index < -0.39 is 0 Å². The molecule has 0 unspecified atom stereocenters. The zero-order chi connectivity index (χ0) is 15.2. The number of carbonyl (C=O) groups is 1. The first-order valence-electron chi connectivity index (χ1n) is 6.42. The quantitative estimate of drug-likeness (QED) is 0.789. The van der Waals surface area contributed by atoms with Crippen molar-refractivity contribution in [1.29, 1.82) is 0 Å². The Morgan fingerprint density at radius 2 is 1.71 bits per heavy atom. The molecule has 1 amide bonds. The molecule has 0 aliphatic rings. The number of anilines is 2. The van der Waals surface area contributed by atoms with E-state index in [1.807, 2.05) is 6.07 Å². The first-order valence-corrected chi connectivity index (χ1v) is 7.17. The number of hydrogen-bond donors (Lipinski definition) is 3. The summed E-state index contributed by atoms with van der Waals surface area (Å²) in [6.07, 6.45) is 0. The minimum absolute atomic E-state index is 0.202. The molecule has 0 aliphatic carbocycles. The van der Waals surface area contributed by atoms with Crippen molar-refractivity contribution in [3.8, 4) is 0 Å². The van der Waals surface area contributed by atoms with E-state index in [1.165, 1.54) is 0 Å². The van der Waals surface area contributed by atoms with Crippen LogP contribution in [0, 0.1) is 0 Å². The van der Waals surface area contributed by atoms with Crippen LogP contribution in [-0.4, -0.2) is 19.0 Å². The van der Waals surface area contributed by atoms with Crippen LogP contribution in [0.1, 0.15) is 10.4 Å². The molecule has 0 saturated carbocycles. The van der Waals surface area contributed by atoms with Gasteiger partial charge in [-0.15, -0.1) is 0 Å². The van der Waals surface area contributed by atoms with Crippen LogP contribution >= 0.6 is 23.2 Å². The van der Waals surface area contributed by atoms with Gasteiger partial charge in [0.15, 0.2) is 0 Å². The van der Waals surface area contributed by atoms with Crippen LogP contribution in [0.15, 0.2) is 42.5 Å². The number of para-hydroxylation sites is 2. The van der Waals surface area contributed by atoms with Gasteiger partial charge in [-0.1, -0.05) is 41.4 Å². The Morgan fingerprint density at radius 3 is 2.38 bits per heavy atom. The van der Waals surface area contributed by atoms with Crippen LogP contribution in [0.3, 0.4) is 0 Å². The van der Waals surface area contributed by atoms with Gasteiger partial charge in [0.2, 0.25) is 0 Å². The highest BCUT2D eigenvalue weighted by Crippen LogP contribution is 2.33. The molecule has 0 saturated heterocycles. The molecule has 6 heteroatoms. The molecule has 0 aromatic heterocycles. The summed E-state index contributed by atoms with van der Waals surface area (Å²) in [4.78, 5) is 12.1. The summed E-state index contributed by atoms with van der Waals surface area (Å²) >= 11 is 12.3. The molecule has 0 bridgehead atoms. The maximum atomic E-state index is 12.1. The standard InChI is InChI=1S/C15H15Cl2N3O/c16-11-5-3-6-12(17)14(11)20-13-7-2-1-4-10(13)15(21)19-9-8-18/h1-7,20H,8-9,18H2,(H,19,21). The number of rotatable bonds is 5. The van der Waals surface area contributed by atoms with Gasteiger partial charge in [0.25, 0.3) is 5.91 Å². The molecular weight excluding hydrogens is 309 g/mol. The van der Waals surface area contributed by atoms with E-state index in [-0.39, 0.29) is 5.91 Å². The first-order chi connectivity index (χ1) is 10.1. The zero-order valence-corrected chi connectivity index (χ0v) is 12.7. The third-order valence-electron chi connectivity index (χ3n) is 2.82. The van der Waals surface area contributed by atoms with Crippen LogP contribution in [-0.2, 0) is 0 Å². The molecule has 2 aromatic carbocycles. The predicted octanol–water partition coefficient (Wildman–Crippen LogP) is 3.43. The number of amides is 1. The van der Waals surface area contributed by atoms with Crippen molar-refractivity contribution in [2.24, 2.45) is 5.73 Å². The summed E-state index contributed by atoms with van der Waals surface area (Å²) in [6.45, 7) is 0.803. The van der Waals surface area contributed by atoms with Crippen molar-refractivity contribution in [3.05, 3.63) is 58.1 Å². The molecule has 4 N–H and O–H groups in total. The van der Waals surface area contributed by atoms with Gasteiger partial charge in [0.1, 0.15) is 0 Å². The molecule has 4 nitrogen and oxygen atoms in total. The normalized spacial score (nSPS) is 10.2. The summed E-state index contributed by atoms with van der Waals surface area (Å²) in [5.41, 5.74) is 7.09. The largest absolute Gasteiger partial charge is 0.352 e. The molecule has 0 aliphatic heterocycles. The molecule has 110 valence electrons. The van der Waals surface area contributed by atoms with Crippen LogP contribution in [0.5, 0.6) is 0 Å². The molecule has 0 heterocycles. The third kappa shape index (κ3) is 3.88. The van der Waals surface area contributed by atoms with E-state index in [0.717, 1.165) is 0 Å². The molecule has 2 aromatic rings. The molecular formula is C15H15Cl2N3O. The van der Waals surface area contributed by atoms with Gasteiger partial charge in [-0.3, -0.25) is 4.79 Å². The van der Waals surface area contributed by atoms with Gasteiger partial charge in [-0.25, -0.2) is 0 Å². The van der Waals surface area contributed by atoms with Gasteiger partial charge >= 0.3 is 0 Å². The second-order valence-corrected chi connectivity index (χ2v) is 5.13. The molecule has 0 atom stereocenters. The fourth-order valence-corrected chi connectivity index (χ4v) is 2.31. The Balaban J connectivity index is 2.30. The Bertz CT molecular complexity index is 626. The number of nitrogens with two attached hydrogens (primary N) is 1. The highest BCUT2D eigenvalue weighted by Gasteiger charge is 2.12. The Labute approximate surface area is 133 Å². The van der Waals surface area contributed by atoms with E-state index in [0.29, 0.717) is 40.1 Å². The lowest BCUT2D eigenvalue weighted by molar-refractivity contribution is 0.0955. The highest BCUT2D eigenvalue weighted by atomic mass is 35.5. The maximum absolute atomic E-state index is 12.1. The number of halogens is 2. The van der Waals surface area contributed by atoms with Crippen LogP contribution in [0.2, 0.25) is 10.0 Å².